The lowest BCUT2D eigenvalue weighted by atomic mass is 9.60. The van der Waals surface area contributed by atoms with Crippen molar-refractivity contribution < 1.29 is 14.3 Å². The molecule has 25 heavy (non-hydrogen) atoms. The van der Waals surface area contributed by atoms with E-state index < -0.39 is 5.79 Å². The van der Waals surface area contributed by atoms with E-state index in [-0.39, 0.29) is 17.6 Å². The average molecular weight is 339 g/mol. The minimum atomic E-state index is -0.838. The third-order valence-corrected chi connectivity index (χ3v) is 6.25. The Bertz CT molecular complexity index is 781. The zero-order valence-corrected chi connectivity index (χ0v) is 15.0. The van der Waals surface area contributed by atoms with Crippen LogP contribution in [0.5, 0.6) is 5.75 Å². The molecule has 0 amide bonds. The van der Waals surface area contributed by atoms with Crippen molar-refractivity contribution in [2.75, 3.05) is 12.8 Å². The first-order chi connectivity index (χ1) is 12.0. The van der Waals surface area contributed by atoms with Crippen molar-refractivity contribution in [3.05, 3.63) is 47.6 Å². The van der Waals surface area contributed by atoms with E-state index in [2.05, 4.69) is 19.9 Å². The van der Waals surface area contributed by atoms with Crippen molar-refractivity contribution in [3.8, 4) is 5.75 Å². The smallest absolute Gasteiger partial charge is 0.221 e. The molecular formula is C21H25NO3. The van der Waals surface area contributed by atoms with Gasteiger partial charge < -0.3 is 15.2 Å². The second kappa shape index (κ2) is 5.73. The number of nitrogen functional groups attached to an aromatic ring is 1. The molecule has 4 heteroatoms. The minimum Gasteiger partial charge on any atom is -0.461 e. The molecule has 0 aromatic heterocycles. The van der Waals surface area contributed by atoms with Crippen LogP contribution in [0.25, 0.3) is 0 Å². The second-order valence-electron chi connectivity index (χ2n) is 7.44. The Labute approximate surface area is 148 Å². The number of benzene rings is 1. The first-order valence-electron chi connectivity index (χ1n) is 9.07. The lowest BCUT2D eigenvalue weighted by Crippen LogP contribution is -2.54. The van der Waals surface area contributed by atoms with Gasteiger partial charge in [0.1, 0.15) is 5.75 Å². The third kappa shape index (κ3) is 2.27. The third-order valence-electron chi connectivity index (χ3n) is 6.25. The zero-order valence-electron chi connectivity index (χ0n) is 15.0. The number of nitrogens with two attached hydrogens (primary N) is 1. The highest BCUT2D eigenvalue weighted by Gasteiger charge is 2.57. The van der Waals surface area contributed by atoms with E-state index >= 15 is 0 Å². The summed E-state index contributed by atoms with van der Waals surface area (Å²) in [6, 6.07) is 5.81. The molecule has 2 N–H and O–H groups in total. The molecule has 1 aliphatic heterocycles. The maximum absolute atomic E-state index is 12.8. The minimum absolute atomic E-state index is 0.0789. The number of methoxy groups -OCH3 is 1. The van der Waals surface area contributed by atoms with Gasteiger partial charge in [-0.15, -0.1) is 0 Å². The highest BCUT2D eigenvalue weighted by Crippen LogP contribution is 2.58. The lowest BCUT2D eigenvalue weighted by molar-refractivity contribution is -0.208. The number of carbonyl (C=O) groups is 1. The number of hydrogen-bond donors (Lipinski definition) is 1. The molecule has 4 nitrogen and oxygen atoms in total. The van der Waals surface area contributed by atoms with Crippen molar-refractivity contribution in [2.24, 2.45) is 17.8 Å². The monoisotopic (exact) mass is 339 g/mol. The van der Waals surface area contributed by atoms with Gasteiger partial charge in [0.25, 0.3) is 0 Å². The maximum Gasteiger partial charge on any atom is 0.221 e. The van der Waals surface area contributed by atoms with E-state index in [1.165, 1.54) is 0 Å². The van der Waals surface area contributed by atoms with Crippen molar-refractivity contribution in [1.29, 1.82) is 0 Å². The summed E-state index contributed by atoms with van der Waals surface area (Å²) in [6.45, 7) is 4.45. The summed E-state index contributed by atoms with van der Waals surface area (Å²) in [6.07, 6.45) is 7.28. The fourth-order valence-electron chi connectivity index (χ4n) is 4.96. The van der Waals surface area contributed by atoms with Crippen LogP contribution in [0.2, 0.25) is 0 Å². The van der Waals surface area contributed by atoms with Crippen molar-refractivity contribution >= 4 is 11.5 Å². The van der Waals surface area contributed by atoms with Gasteiger partial charge in [0.05, 0.1) is 5.92 Å². The number of ketones is 1. The second-order valence-corrected chi connectivity index (χ2v) is 7.44. The molecule has 0 fully saturated rings. The first kappa shape index (κ1) is 16.4. The number of fused-ring (bicyclic) bond motifs is 2. The molecule has 0 spiro atoms. The van der Waals surface area contributed by atoms with E-state index in [9.17, 15) is 4.79 Å². The van der Waals surface area contributed by atoms with Crippen LogP contribution >= 0.6 is 0 Å². The highest BCUT2D eigenvalue weighted by molar-refractivity contribution is 6.05. The van der Waals surface area contributed by atoms with Crippen LogP contribution in [0, 0.1) is 17.8 Å². The van der Waals surface area contributed by atoms with Gasteiger partial charge in [-0.05, 0) is 42.5 Å². The number of anilines is 1. The van der Waals surface area contributed by atoms with E-state index in [1.54, 1.807) is 13.2 Å². The largest absolute Gasteiger partial charge is 0.461 e. The molecule has 5 atom stereocenters. The standard InChI is InChI=1S/C21H25NO3/c1-4-13-10-15-17(23)6-5-9-21(24-3)20(15)19(12(13)2)16-11-14(22)7-8-18(16)25-21/h5-8,10-13,19-20H,4,9,22H2,1-3H3/t12-,13?,19?,20-,21-/m1/s1. The molecule has 132 valence electrons. The van der Waals surface area contributed by atoms with Crippen LogP contribution in [0.1, 0.15) is 38.2 Å². The van der Waals surface area contributed by atoms with Gasteiger partial charge in [0, 0.05) is 36.3 Å². The molecule has 0 radical (unpaired) electrons. The summed E-state index contributed by atoms with van der Waals surface area (Å²) in [5, 5.41) is 0. The molecule has 1 aromatic carbocycles. The van der Waals surface area contributed by atoms with Gasteiger partial charge in [0.15, 0.2) is 5.78 Å². The Balaban J connectivity index is 1.99. The quantitative estimate of drug-likeness (QED) is 0.832. The fourth-order valence-corrected chi connectivity index (χ4v) is 4.96. The predicted molar refractivity (Wildman–Crippen MR) is 97.2 cm³/mol. The fraction of sp³-hybridized carbons (Fsp3) is 0.476. The van der Waals surface area contributed by atoms with E-state index in [0.29, 0.717) is 18.3 Å². The molecule has 4 rings (SSSR count). The van der Waals surface area contributed by atoms with Crippen LogP contribution in [0.4, 0.5) is 5.69 Å². The van der Waals surface area contributed by atoms with Crippen LogP contribution < -0.4 is 10.5 Å². The number of rotatable bonds is 2. The van der Waals surface area contributed by atoms with Crippen LogP contribution in [0.3, 0.4) is 0 Å². The SMILES string of the molecule is CCC1C=C2C(=O)C=CC[C@@]3(OC)Oc4ccc(N)cc4C([C@@H]1C)[C@@H]23. The lowest BCUT2D eigenvalue weighted by Gasteiger charge is -2.52. The Kier molecular flexibility index (Phi) is 3.76. The van der Waals surface area contributed by atoms with Crippen LogP contribution in [-0.4, -0.2) is 18.7 Å². The molecular weight excluding hydrogens is 314 g/mol. The molecule has 0 bridgehead atoms. The van der Waals surface area contributed by atoms with Gasteiger partial charge in [-0.25, -0.2) is 0 Å². The normalized spacial score (nSPS) is 36.0. The van der Waals surface area contributed by atoms with Crippen molar-refractivity contribution in [1.82, 2.24) is 0 Å². The molecule has 3 aliphatic rings. The summed E-state index contributed by atoms with van der Waals surface area (Å²) in [5.74, 6) is 0.832. The summed E-state index contributed by atoms with van der Waals surface area (Å²) < 4.78 is 12.3. The van der Waals surface area contributed by atoms with Gasteiger partial charge in [0.2, 0.25) is 5.79 Å². The first-order valence-corrected chi connectivity index (χ1v) is 9.07. The number of allylic oxidation sites excluding steroid dienone is 2. The van der Waals surface area contributed by atoms with Crippen molar-refractivity contribution in [3.63, 3.8) is 0 Å². The Morgan fingerprint density at radius 3 is 2.92 bits per heavy atom. The van der Waals surface area contributed by atoms with E-state index in [1.807, 2.05) is 24.3 Å². The Hall–Kier alpha value is -2.07. The molecule has 0 saturated carbocycles. The summed E-state index contributed by atoms with van der Waals surface area (Å²) >= 11 is 0. The van der Waals surface area contributed by atoms with E-state index in [0.717, 1.165) is 29.0 Å². The topological polar surface area (TPSA) is 61.5 Å². The van der Waals surface area contributed by atoms with Crippen LogP contribution in [-0.2, 0) is 9.53 Å². The molecule has 2 aliphatic carbocycles. The maximum atomic E-state index is 12.8. The summed E-state index contributed by atoms with van der Waals surface area (Å²) in [5.41, 5.74) is 8.73. The number of ether oxygens (including phenoxy) is 2. The van der Waals surface area contributed by atoms with Crippen molar-refractivity contribution in [2.45, 2.75) is 38.4 Å². The van der Waals surface area contributed by atoms with Gasteiger partial charge in [-0.1, -0.05) is 26.0 Å². The van der Waals surface area contributed by atoms with Gasteiger partial charge in [-0.2, -0.15) is 0 Å². The van der Waals surface area contributed by atoms with Gasteiger partial charge in [-0.3, -0.25) is 4.79 Å². The number of hydrogen-bond acceptors (Lipinski definition) is 4. The summed E-state index contributed by atoms with van der Waals surface area (Å²) in [7, 11) is 1.68. The Morgan fingerprint density at radius 2 is 2.20 bits per heavy atom. The predicted octanol–water partition coefficient (Wildman–Crippen LogP) is 3.84. The van der Waals surface area contributed by atoms with Crippen LogP contribution in [0.15, 0.2) is 42.0 Å². The molecule has 0 saturated heterocycles. The Morgan fingerprint density at radius 1 is 1.40 bits per heavy atom. The average Bonchev–Trinajstić information content (AvgIpc) is 2.74. The number of carbonyl (C=O) groups excluding carboxylic acids is 1. The van der Waals surface area contributed by atoms with E-state index in [4.69, 9.17) is 15.2 Å². The summed E-state index contributed by atoms with van der Waals surface area (Å²) in [4.78, 5) is 12.8. The zero-order chi connectivity index (χ0) is 17.8. The molecule has 1 heterocycles. The highest BCUT2D eigenvalue weighted by atomic mass is 16.7. The molecule has 1 aromatic rings. The molecule has 2 unspecified atom stereocenters. The van der Waals surface area contributed by atoms with Gasteiger partial charge >= 0.3 is 0 Å².